The van der Waals surface area contributed by atoms with Gasteiger partial charge in [-0.2, -0.15) is 5.10 Å². The zero-order chi connectivity index (χ0) is 14.4. The maximum atomic E-state index is 8.86. The first kappa shape index (κ1) is 14.6. The molecule has 0 radical (unpaired) electrons. The Bertz CT molecular complexity index is 519. The van der Waals surface area contributed by atoms with Gasteiger partial charge in [0.2, 0.25) is 0 Å². The number of nitrogens with zero attached hydrogens (tertiary/aromatic N) is 2. The van der Waals surface area contributed by atoms with E-state index in [1.54, 1.807) is 10.9 Å². The number of hydrogen-bond acceptors (Lipinski definition) is 3. The van der Waals surface area contributed by atoms with Crippen molar-refractivity contribution in [2.24, 2.45) is 0 Å². The van der Waals surface area contributed by atoms with E-state index in [1.165, 1.54) is 11.1 Å². The molecule has 4 heteroatoms. The number of aromatic nitrogens is 2. The Balaban J connectivity index is 1.79. The monoisotopic (exact) mass is 273 g/mol. The van der Waals surface area contributed by atoms with Crippen LogP contribution in [0.4, 0.5) is 5.69 Å². The first-order valence-electron chi connectivity index (χ1n) is 7.13. The molecule has 2 N–H and O–H groups in total. The molecule has 2 aromatic rings. The summed E-state index contributed by atoms with van der Waals surface area (Å²) >= 11 is 0. The molecule has 0 bridgehead atoms. The first-order chi connectivity index (χ1) is 9.67. The lowest BCUT2D eigenvalue weighted by Gasteiger charge is -2.13. The SMILES string of the molecule is Cc1ccc(CCC(C)Nc2cnn(CCO)c2)cc1. The van der Waals surface area contributed by atoms with Crippen molar-refractivity contribution in [3.05, 3.63) is 47.8 Å². The molecule has 4 nitrogen and oxygen atoms in total. The molecule has 0 saturated carbocycles. The first-order valence-corrected chi connectivity index (χ1v) is 7.13. The normalized spacial score (nSPS) is 12.3. The van der Waals surface area contributed by atoms with Crippen molar-refractivity contribution in [3.8, 4) is 0 Å². The Kier molecular flexibility index (Phi) is 5.18. The van der Waals surface area contributed by atoms with Crippen LogP contribution >= 0.6 is 0 Å². The molecule has 1 atom stereocenters. The minimum absolute atomic E-state index is 0.115. The minimum atomic E-state index is 0.115. The number of aliphatic hydroxyl groups is 1. The average molecular weight is 273 g/mol. The number of rotatable bonds is 7. The van der Waals surface area contributed by atoms with E-state index in [0.29, 0.717) is 12.6 Å². The number of hydrogen-bond donors (Lipinski definition) is 2. The third-order valence-corrected chi connectivity index (χ3v) is 3.36. The second-order valence-electron chi connectivity index (χ2n) is 5.29. The zero-order valence-corrected chi connectivity index (χ0v) is 12.2. The van der Waals surface area contributed by atoms with E-state index in [1.807, 2.05) is 6.20 Å². The van der Waals surface area contributed by atoms with E-state index in [-0.39, 0.29) is 6.61 Å². The van der Waals surface area contributed by atoms with Crippen LogP contribution in [0.25, 0.3) is 0 Å². The predicted molar refractivity (Wildman–Crippen MR) is 81.9 cm³/mol. The van der Waals surface area contributed by atoms with Gasteiger partial charge in [-0.15, -0.1) is 0 Å². The van der Waals surface area contributed by atoms with Crippen LogP contribution in [0.1, 0.15) is 24.5 Å². The summed E-state index contributed by atoms with van der Waals surface area (Å²) in [4.78, 5) is 0. The van der Waals surface area contributed by atoms with Crippen molar-refractivity contribution in [2.75, 3.05) is 11.9 Å². The van der Waals surface area contributed by atoms with E-state index < -0.39 is 0 Å². The van der Waals surface area contributed by atoms with E-state index >= 15 is 0 Å². The topological polar surface area (TPSA) is 50.1 Å². The standard InChI is InChI=1S/C16H23N3O/c1-13-3-6-15(7-4-13)8-5-14(2)18-16-11-17-19(12-16)9-10-20/h3-4,6-7,11-12,14,18,20H,5,8-10H2,1-2H3. The van der Waals surface area contributed by atoms with Crippen molar-refractivity contribution in [2.45, 2.75) is 39.3 Å². The predicted octanol–water partition coefficient (Wildman–Crippen LogP) is 2.62. The molecule has 1 aromatic heterocycles. The molecule has 2 rings (SSSR count). The number of nitrogens with one attached hydrogen (secondary N) is 1. The average Bonchev–Trinajstić information content (AvgIpc) is 2.86. The van der Waals surface area contributed by atoms with Crippen LogP contribution in [0.5, 0.6) is 0 Å². The highest BCUT2D eigenvalue weighted by Gasteiger charge is 2.05. The van der Waals surface area contributed by atoms with Crippen LogP contribution < -0.4 is 5.32 Å². The van der Waals surface area contributed by atoms with Crippen LogP contribution in [0.2, 0.25) is 0 Å². The number of aliphatic hydroxyl groups excluding tert-OH is 1. The summed E-state index contributed by atoms with van der Waals surface area (Å²) in [5.41, 5.74) is 3.69. The molecule has 1 unspecified atom stereocenters. The molecule has 0 fully saturated rings. The van der Waals surface area contributed by atoms with E-state index in [9.17, 15) is 0 Å². The second kappa shape index (κ2) is 7.10. The van der Waals surface area contributed by atoms with Crippen LogP contribution in [-0.2, 0) is 13.0 Å². The Morgan fingerprint density at radius 2 is 2.05 bits per heavy atom. The number of aryl methyl sites for hydroxylation is 2. The van der Waals surface area contributed by atoms with Crippen molar-refractivity contribution in [1.29, 1.82) is 0 Å². The molecule has 1 aromatic carbocycles. The van der Waals surface area contributed by atoms with Crippen molar-refractivity contribution in [1.82, 2.24) is 9.78 Å². The van der Waals surface area contributed by atoms with Gasteiger partial charge in [0.25, 0.3) is 0 Å². The molecular formula is C16H23N3O. The smallest absolute Gasteiger partial charge is 0.0728 e. The van der Waals surface area contributed by atoms with Crippen molar-refractivity contribution < 1.29 is 5.11 Å². The van der Waals surface area contributed by atoms with Crippen LogP contribution in [0, 0.1) is 6.92 Å². The fraction of sp³-hybridized carbons (Fsp3) is 0.438. The molecule has 0 spiro atoms. The lowest BCUT2D eigenvalue weighted by atomic mass is 10.0. The molecule has 0 aliphatic heterocycles. The number of anilines is 1. The Morgan fingerprint density at radius 1 is 1.30 bits per heavy atom. The second-order valence-corrected chi connectivity index (χ2v) is 5.29. The third kappa shape index (κ3) is 4.38. The maximum absolute atomic E-state index is 8.86. The fourth-order valence-electron chi connectivity index (χ4n) is 2.16. The zero-order valence-electron chi connectivity index (χ0n) is 12.2. The van der Waals surface area contributed by atoms with E-state index in [0.717, 1.165) is 18.5 Å². The molecule has 0 saturated heterocycles. The highest BCUT2D eigenvalue weighted by molar-refractivity contribution is 5.39. The van der Waals surface area contributed by atoms with Gasteiger partial charge < -0.3 is 10.4 Å². The molecule has 20 heavy (non-hydrogen) atoms. The molecule has 108 valence electrons. The van der Waals surface area contributed by atoms with E-state index in [4.69, 9.17) is 5.11 Å². The van der Waals surface area contributed by atoms with Crippen LogP contribution in [0.15, 0.2) is 36.7 Å². The van der Waals surface area contributed by atoms with Crippen LogP contribution in [0.3, 0.4) is 0 Å². The summed E-state index contributed by atoms with van der Waals surface area (Å²) in [5.74, 6) is 0. The lowest BCUT2D eigenvalue weighted by molar-refractivity contribution is 0.269. The molecule has 0 amide bonds. The van der Waals surface area contributed by atoms with Gasteiger partial charge in [-0.1, -0.05) is 29.8 Å². The quantitative estimate of drug-likeness (QED) is 0.815. The summed E-state index contributed by atoms with van der Waals surface area (Å²) in [6.07, 6.45) is 5.88. The summed E-state index contributed by atoms with van der Waals surface area (Å²) in [5, 5.41) is 16.5. The number of benzene rings is 1. The molecule has 1 heterocycles. The van der Waals surface area contributed by atoms with Crippen LogP contribution in [-0.4, -0.2) is 27.5 Å². The van der Waals surface area contributed by atoms with Gasteiger partial charge in [0, 0.05) is 12.2 Å². The molecular weight excluding hydrogens is 250 g/mol. The van der Waals surface area contributed by atoms with Gasteiger partial charge >= 0.3 is 0 Å². The molecule has 0 aliphatic rings. The summed E-state index contributed by atoms with van der Waals surface area (Å²) in [6.45, 7) is 4.94. The van der Waals surface area contributed by atoms with Crippen molar-refractivity contribution in [3.63, 3.8) is 0 Å². The maximum Gasteiger partial charge on any atom is 0.0728 e. The van der Waals surface area contributed by atoms with Gasteiger partial charge in [0.05, 0.1) is 25.0 Å². The highest BCUT2D eigenvalue weighted by atomic mass is 16.3. The van der Waals surface area contributed by atoms with Gasteiger partial charge in [-0.25, -0.2) is 0 Å². The summed E-state index contributed by atoms with van der Waals surface area (Å²) < 4.78 is 1.75. The minimum Gasteiger partial charge on any atom is -0.394 e. The van der Waals surface area contributed by atoms with Crippen molar-refractivity contribution >= 4 is 5.69 Å². The van der Waals surface area contributed by atoms with Gasteiger partial charge in [0.1, 0.15) is 0 Å². The summed E-state index contributed by atoms with van der Waals surface area (Å²) in [7, 11) is 0. The Morgan fingerprint density at radius 3 is 2.75 bits per heavy atom. The Labute approximate surface area is 120 Å². The fourth-order valence-corrected chi connectivity index (χ4v) is 2.16. The van der Waals surface area contributed by atoms with Gasteiger partial charge in [0.15, 0.2) is 0 Å². The lowest BCUT2D eigenvalue weighted by Crippen LogP contribution is -2.15. The largest absolute Gasteiger partial charge is 0.394 e. The third-order valence-electron chi connectivity index (χ3n) is 3.36. The van der Waals surface area contributed by atoms with E-state index in [2.05, 4.69) is 48.5 Å². The Hall–Kier alpha value is -1.81. The summed E-state index contributed by atoms with van der Waals surface area (Å²) in [6, 6.07) is 9.10. The van der Waals surface area contributed by atoms with Gasteiger partial charge in [-0.3, -0.25) is 4.68 Å². The highest BCUT2D eigenvalue weighted by Crippen LogP contribution is 2.12. The van der Waals surface area contributed by atoms with Gasteiger partial charge in [-0.05, 0) is 32.3 Å². The molecule has 0 aliphatic carbocycles.